The highest BCUT2D eigenvalue weighted by molar-refractivity contribution is 6.04. The standard InChI is InChI=1S/C36H41FN4O4/c1-24(44-23-27-6-7-27)20-38-35(42)32-4-3-5-34-33(25(32)2)22-41(39-34)21-26-16-18-40(19-17-26)36(43)28-8-12-30(13-9-28)45-31-14-10-29(37)11-15-31/h3-4,8-15,22,24,26-27H,5-7,16-21,23H2,1-2H3,(H,38,42). The Hall–Kier alpha value is -4.24. The summed E-state index contributed by atoms with van der Waals surface area (Å²) in [7, 11) is 0. The van der Waals surface area contributed by atoms with E-state index in [0.29, 0.717) is 60.5 Å². The van der Waals surface area contributed by atoms with Gasteiger partial charge < -0.3 is 19.7 Å². The highest BCUT2D eigenvalue weighted by Crippen LogP contribution is 2.30. The highest BCUT2D eigenvalue weighted by atomic mass is 19.1. The van der Waals surface area contributed by atoms with Gasteiger partial charge in [0, 0.05) is 62.1 Å². The van der Waals surface area contributed by atoms with Crippen molar-refractivity contribution in [2.75, 3.05) is 26.2 Å². The van der Waals surface area contributed by atoms with Crippen LogP contribution in [0.1, 0.15) is 61.1 Å². The molecule has 3 aromatic rings. The van der Waals surface area contributed by atoms with Crippen molar-refractivity contribution in [2.45, 2.75) is 58.6 Å². The summed E-state index contributed by atoms with van der Waals surface area (Å²) in [5.74, 6) is 1.84. The predicted molar refractivity (Wildman–Crippen MR) is 170 cm³/mol. The van der Waals surface area contributed by atoms with Gasteiger partial charge >= 0.3 is 0 Å². The summed E-state index contributed by atoms with van der Waals surface area (Å²) in [6, 6.07) is 12.9. The fraction of sp³-hybridized carbons (Fsp3) is 0.417. The number of benzene rings is 2. The van der Waals surface area contributed by atoms with Crippen molar-refractivity contribution in [1.82, 2.24) is 20.0 Å². The zero-order valence-corrected chi connectivity index (χ0v) is 26.0. The van der Waals surface area contributed by atoms with Gasteiger partial charge in [0.15, 0.2) is 0 Å². The molecule has 6 rings (SSSR count). The lowest BCUT2D eigenvalue weighted by Gasteiger charge is -2.32. The maximum atomic E-state index is 13.2. The van der Waals surface area contributed by atoms with Crippen molar-refractivity contribution in [3.8, 4) is 11.5 Å². The lowest BCUT2D eigenvalue weighted by Crippen LogP contribution is -2.39. The molecule has 2 heterocycles. The summed E-state index contributed by atoms with van der Waals surface area (Å²) in [4.78, 5) is 28.2. The minimum Gasteiger partial charge on any atom is -0.457 e. The second-order valence-electron chi connectivity index (χ2n) is 12.5. The quantitative estimate of drug-likeness (QED) is 0.279. The molecule has 0 spiro atoms. The van der Waals surface area contributed by atoms with Gasteiger partial charge in [-0.2, -0.15) is 5.10 Å². The Morgan fingerprint density at radius 2 is 1.69 bits per heavy atom. The fourth-order valence-electron chi connectivity index (χ4n) is 5.87. The smallest absolute Gasteiger partial charge is 0.253 e. The van der Waals surface area contributed by atoms with Crippen LogP contribution in [0.2, 0.25) is 0 Å². The minimum atomic E-state index is -0.318. The van der Waals surface area contributed by atoms with E-state index in [0.717, 1.165) is 42.8 Å². The Morgan fingerprint density at radius 3 is 2.38 bits per heavy atom. The first kappa shape index (κ1) is 30.8. The molecule has 0 radical (unpaired) electrons. The monoisotopic (exact) mass is 612 g/mol. The molecule has 1 N–H and O–H groups in total. The summed E-state index contributed by atoms with van der Waals surface area (Å²) >= 11 is 0. The topological polar surface area (TPSA) is 85.7 Å². The van der Waals surface area contributed by atoms with Gasteiger partial charge in [-0.05, 0) is 105 Å². The van der Waals surface area contributed by atoms with Gasteiger partial charge in [0.25, 0.3) is 11.8 Å². The van der Waals surface area contributed by atoms with E-state index in [1.807, 2.05) is 35.6 Å². The van der Waals surface area contributed by atoms with E-state index >= 15 is 0 Å². The molecule has 2 fully saturated rings. The number of allylic oxidation sites excluding steroid dienone is 2. The lowest BCUT2D eigenvalue weighted by molar-refractivity contribution is -0.117. The number of halogens is 1. The molecule has 2 aromatic carbocycles. The number of amides is 2. The van der Waals surface area contributed by atoms with E-state index in [1.165, 1.54) is 25.0 Å². The number of likely N-dealkylation sites (tertiary alicyclic amines) is 1. The van der Waals surface area contributed by atoms with E-state index in [4.69, 9.17) is 14.6 Å². The number of rotatable bonds is 11. The number of fused-ring (bicyclic) bond motifs is 1. The average molecular weight is 613 g/mol. The third-order valence-corrected chi connectivity index (χ3v) is 8.85. The zero-order chi connectivity index (χ0) is 31.3. The van der Waals surface area contributed by atoms with Crippen LogP contribution in [0.3, 0.4) is 0 Å². The number of ether oxygens (including phenoxy) is 2. The normalized spacial score (nSPS) is 17.5. The van der Waals surface area contributed by atoms with Crippen molar-refractivity contribution in [3.05, 3.63) is 95.1 Å². The van der Waals surface area contributed by atoms with Crippen LogP contribution in [0.25, 0.3) is 5.57 Å². The average Bonchev–Trinajstić information content (AvgIpc) is 3.83. The largest absolute Gasteiger partial charge is 0.457 e. The fourth-order valence-corrected chi connectivity index (χ4v) is 5.87. The lowest BCUT2D eigenvalue weighted by atomic mass is 9.96. The third kappa shape index (κ3) is 7.89. The number of nitrogens with one attached hydrogen (secondary N) is 1. The van der Waals surface area contributed by atoms with Crippen LogP contribution >= 0.6 is 0 Å². The molecule has 0 bridgehead atoms. The van der Waals surface area contributed by atoms with Crippen LogP contribution in [0.5, 0.6) is 11.5 Å². The predicted octanol–water partition coefficient (Wildman–Crippen LogP) is 6.18. The summed E-state index contributed by atoms with van der Waals surface area (Å²) in [5.41, 5.74) is 4.22. The molecule has 1 atom stereocenters. The van der Waals surface area contributed by atoms with Gasteiger partial charge in [-0.25, -0.2) is 4.39 Å². The van der Waals surface area contributed by atoms with Gasteiger partial charge in [0.1, 0.15) is 17.3 Å². The molecule has 45 heavy (non-hydrogen) atoms. The number of carbonyl (C=O) groups is 2. The molecule has 1 unspecified atom stereocenters. The summed E-state index contributed by atoms with van der Waals surface area (Å²) in [6.45, 7) is 7.41. The van der Waals surface area contributed by atoms with E-state index < -0.39 is 0 Å². The third-order valence-electron chi connectivity index (χ3n) is 8.85. The van der Waals surface area contributed by atoms with Crippen LogP contribution in [-0.4, -0.2) is 58.8 Å². The van der Waals surface area contributed by atoms with Crippen molar-refractivity contribution >= 4 is 17.4 Å². The molecule has 8 nitrogen and oxygen atoms in total. The molecule has 236 valence electrons. The molecule has 3 aliphatic rings. The van der Waals surface area contributed by atoms with Gasteiger partial charge in [-0.15, -0.1) is 0 Å². The van der Waals surface area contributed by atoms with E-state index in [2.05, 4.69) is 11.5 Å². The summed E-state index contributed by atoms with van der Waals surface area (Å²) < 4.78 is 26.8. The highest BCUT2D eigenvalue weighted by Gasteiger charge is 2.26. The molecular formula is C36H41FN4O4. The molecule has 1 saturated heterocycles. The van der Waals surface area contributed by atoms with E-state index in [9.17, 15) is 14.0 Å². The Balaban J connectivity index is 1.00. The molecule has 1 aliphatic heterocycles. The first-order valence-electron chi connectivity index (χ1n) is 16.0. The first-order valence-corrected chi connectivity index (χ1v) is 16.0. The number of aromatic nitrogens is 2. The Labute approximate surface area is 263 Å². The first-order chi connectivity index (χ1) is 21.8. The Kier molecular flexibility index (Phi) is 9.45. The summed E-state index contributed by atoms with van der Waals surface area (Å²) in [5, 5.41) is 7.93. The van der Waals surface area contributed by atoms with Crippen LogP contribution < -0.4 is 10.1 Å². The molecular weight excluding hydrogens is 571 g/mol. The Morgan fingerprint density at radius 1 is 1.00 bits per heavy atom. The van der Waals surface area contributed by atoms with Gasteiger partial charge in [-0.3, -0.25) is 14.3 Å². The van der Waals surface area contributed by atoms with Crippen molar-refractivity contribution in [3.63, 3.8) is 0 Å². The zero-order valence-electron chi connectivity index (χ0n) is 26.0. The molecule has 9 heteroatoms. The maximum absolute atomic E-state index is 13.2. The van der Waals surface area contributed by atoms with Crippen LogP contribution in [-0.2, 0) is 22.5 Å². The molecule has 2 aliphatic carbocycles. The molecule has 2 amide bonds. The molecule has 1 aromatic heterocycles. The number of nitrogens with zero attached hydrogens (tertiary/aromatic N) is 3. The number of piperidine rings is 1. The van der Waals surface area contributed by atoms with Gasteiger partial charge in [0.2, 0.25) is 0 Å². The van der Waals surface area contributed by atoms with Gasteiger partial charge in [0.05, 0.1) is 11.8 Å². The number of hydrogen-bond donors (Lipinski definition) is 1. The van der Waals surface area contributed by atoms with Crippen molar-refractivity contribution in [1.29, 1.82) is 0 Å². The second kappa shape index (κ2) is 13.8. The van der Waals surface area contributed by atoms with Crippen LogP contribution in [0, 0.1) is 17.7 Å². The number of carbonyl (C=O) groups excluding carboxylic acids is 2. The second-order valence-corrected chi connectivity index (χ2v) is 12.5. The van der Waals surface area contributed by atoms with Gasteiger partial charge in [-0.1, -0.05) is 12.2 Å². The van der Waals surface area contributed by atoms with E-state index in [-0.39, 0.29) is 23.7 Å². The Bertz CT molecular complexity index is 1570. The maximum Gasteiger partial charge on any atom is 0.253 e. The minimum absolute atomic E-state index is 0.00908. The summed E-state index contributed by atoms with van der Waals surface area (Å²) in [6.07, 6.45) is 10.9. The van der Waals surface area contributed by atoms with Crippen LogP contribution in [0.4, 0.5) is 4.39 Å². The van der Waals surface area contributed by atoms with Crippen molar-refractivity contribution < 1.29 is 23.5 Å². The SMILES string of the molecule is CC1=C(C(=O)NCC(C)OCC2CC2)C=CCc2nn(CC3CCN(C(=O)c4ccc(Oc5ccc(F)cc5)cc4)CC3)cc21. The van der Waals surface area contributed by atoms with Crippen LogP contribution in [0.15, 0.2) is 72.5 Å². The van der Waals surface area contributed by atoms with Crippen molar-refractivity contribution in [2.24, 2.45) is 11.8 Å². The number of hydrogen-bond acceptors (Lipinski definition) is 5. The van der Waals surface area contributed by atoms with E-state index in [1.54, 1.807) is 36.4 Å². The molecule has 1 saturated carbocycles.